The molecule has 6 heteroatoms. The Hall–Kier alpha value is -2.89. The Labute approximate surface area is 139 Å². The minimum atomic E-state index is -0.365. The first-order valence-electron chi connectivity index (χ1n) is 7.82. The number of amides is 1. The van der Waals surface area contributed by atoms with Crippen molar-refractivity contribution >= 4 is 11.6 Å². The van der Waals surface area contributed by atoms with Crippen molar-refractivity contribution in [1.82, 2.24) is 5.32 Å². The second kappa shape index (κ2) is 5.63. The van der Waals surface area contributed by atoms with Gasteiger partial charge in [-0.3, -0.25) is 4.79 Å². The molecule has 24 heavy (non-hydrogen) atoms. The van der Waals surface area contributed by atoms with Crippen molar-refractivity contribution < 1.29 is 19.0 Å². The molecule has 0 aromatic heterocycles. The van der Waals surface area contributed by atoms with Crippen molar-refractivity contribution in [3.63, 3.8) is 0 Å². The number of nitrogens with one attached hydrogen (secondary N) is 2. The quantitative estimate of drug-likeness (QED) is 0.888. The normalized spacial score (nSPS) is 18.2. The number of benzene rings is 2. The molecule has 0 radical (unpaired) electrons. The van der Waals surface area contributed by atoms with E-state index in [0.29, 0.717) is 36.0 Å². The molecule has 1 amide bonds. The van der Waals surface area contributed by atoms with Crippen LogP contribution in [-0.4, -0.2) is 26.2 Å². The van der Waals surface area contributed by atoms with Crippen LogP contribution in [0.1, 0.15) is 27.7 Å². The number of aryl methyl sites for hydroxylation is 1. The van der Waals surface area contributed by atoms with E-state index in [2.05, 4.69) is 10.6 Å². The smallest absolute Gasteiger partial charge is 0.255 e. The van der Waals surface area contributed by atoms with Crippen LogP contribution in [0.15, 0.2) is 30.3 Å². The predicted molar refractivity (Wildman–Crippen MR) is 89.0 cm³/mol. The van der Waals surface area contributed by atoms with Crippen molar-refractivity contribution in [1.29, 1.82) is 0 Å². The summed E-state index contributed by atoms with van der Waals surface area (Å²) in [5.74, 6) is 1.72. The number of para-hydroxylation sites is 1. The van der Waals surface area contributed by atoms with E-state index in [1.54, 1.807) is 7.11 Å². The van der Waals surface area contributed by atoms with Crippen LogP contribution < -0.4 is 24.8 Å². The summed E-state index contributed by atoms with van der Waals surface area (Å²) in [5, 5.41) is 6.36. The zero-order valence-corrected chi connectivity index (χ0v) is 13.5. The molecule has 0 bridgehead atoms. The minimum Gasteiger partial charge on any atom is -0.493 e. The van der Waals surface area contributed by atoms with E-state index >= 15 is 0 Å². The van der Waals surface area contributed by atoms with E-state index in [4.69, 9.17) is 14.2 Å². The summed E-state index contributed by atoms with van der Waals surface area (Å²) in [6.45, 7) is 2.96. The van der Waals surface area contributed by atoms with E-state index in [1.165, 1.54) is 0 Å². The molecule has 0 fully saturated rings. The third-order valence-electron chi connectivity index (χ3n) is 4.27. The van der Waals surface area contributed by atoms with E-state index in [0.717, 1.165) is 16.8 Å². The van der Waals surface area contributed by atoms with Gasteiger partial charge in [0.1, 0.15) is 19.4 Å². The van der Waals surface area contributed by atoms with Gasteiger partial charge in [0.05, 0.1) is 18.4 Å². The van der Waals surface area contributed by atoms with Crippen LogP contribution in [0.4, 0.5) is 5.69 Å². The molecule has 4 rings (SSSR count). The number of hydrogen-bond acceptors (Lipinski definition) is 5. The number of fused-ring (bicyclic) bond motifs is 2. The highest BCUT2D eigenvalue weighted by molar-refractivity contribution is 6.02. The van der Waals surface area contributed by atoms with Crippen molar-refractivity contribution in [2.45, 2.75) is 13.1 Å². The van der Waals surface area contributed by atoms with Crippen molar-refractivity contribution in [3.8, 4) is 17.2 Å². The van der Waals surface area contributed by atoms with Crippen LogP contribution in [-0.2, 0) is 0 Å². The number of methoxy groups -OCH3 is 1. The maximum Gasteiger partial charge on any atom is 0.255 e. The lowest BCUT2D eigenvalue weighted by molar-refractivity contribution is 0.0935. The number of anilines is 1. The van der Waals surface area contributed by atoms with Gasteiger partial charge in [0.25, 0.3) is 5.91 Å². The standard InChI is InChI=1S/C18H18N2O4/c1-10-4-3-5-12-15(10)19-17(20-18(12)21)11-8-13(22-2)16-14(9-11)23-6-7-24-16/h3-5,8-9,17,19H,6-7H2,1-2H3,(H,20,21). The molecule has 1 unspecified atom stereocenters. The van der Waals surface area contributed by atoms with E-state index in [1.807, 2.05) is 37.3 Å². The Bertz CT molecular complexity index is 802. The van der Waals surface area contributed by atoms with Gasteiger partial charge in [-0.05, 0) is 30.7 Å². The van der Waals surface area contributed by atoms with Gasteiger partial charge < -0.3 is 24.8 Å². The largest absolute Gasteiger partial charge is 0.493 e. The van der Waals surface area contributed by atoms with Gasteiger partial charge in [0.15, 0.2) is 11.5 Å². The summed E-state index contributed by atoms with van der Waals surface area (Å²) in [5.41, 5.74) is 3.37. The third-order valence-corrected chi connectivity index (χ3v) is 4.27. The number of rotatable bonds is 2. The van der Waals surface area contributed by atoms with Crippen LogP contribution in [0.3, 0.4) is 0 Å². The van der Waals surface area contributed by atoms with Crippen molar-refractivity contribution in [2.75, 3.05) is 25.6 Å². The second-order valence-corrected chi connectivity index (χ2v) is 5.80. The number of ether oxygens (including phenoxy) is 3. The summed E-state index contributed by atoms with van der Waals surface area (Å²) in [4.78, 5) is 12.4. The molecular formula is C18H18N2O4. The number of carbonyl (C=O) groups excluding carboxylic acids is 1. The van der Waals surface area contributed by atoms with E-state index in [9.17, 15) is 4.79 Å². The zero-order chi connectivity index (χ0) is 16.7. The van der Waals surface area contributed by atoms with Gasteiger partial charge in [-0.25, -0.2) is 0 Å². The summed E-state index contributed by atoms with van der Waals surface area (Å²) in [7, 11) is 1.59. The molecule has 6 nitrogen and oxygen atoms in total. The Balaban J connectivity index is 1.75. The molecular weight excluding hydrogens is 308 g/mol. The van der Waals surface area contributed by atoms with Crippen LogP contribution in [0.2, 0.25) is 0 Å². The molecule has 2 aliphatic heterocycles. The van der Waals surface area contributed by atoms with Gasteiger partial charge >= 0.3 is 0 Å². The first-order valence-corrected chi connectivity index (χ1v) is 7.82. The monoisotopic (exact) mass is 326 g/mol. The molecule has 0 saturated carbocycles. The SMILES string of the molecule is COc1cc(C2NC(=O)c3cccc(C)c3N2)cc2c1OCCO2. The van der Waals surface area contributed by atoms with Crippen molar-refractivity contribution in [3.05, 3.63) is 47.0 Å². The van der Waals surface area contributed by atoms with Gasteiger partial charge in [0.2, 0.25) is 5.75 Å². The van der Waals surface area contributed by atoms with E-state index in [-0.39, 0.29) is 12.1 Å². The highest BCUT2D eigenvalue weighted by Crippen LogP contribution is 2.42. The van der Waals surface area contributed by atoms with Crippen LogP contribution in [0.25, 0.3) is 0 Å². The molecule has 0 saturated heterocycles. The predicted octanol–water partition coefficient (Wildman–Crippen LogP) is 2.63. The molecule has 0 spiro atoms. The Kier molecular flexibility index (Phi) is 3.45. The Morgan fingerprint density at radius 3 is 2.83 bits per heavy atom. The molecule has 2 aromatic carbocycles. The number of carbonyl (C=O) groups is 1. The second-order valence-electron chi connectivity index (χ2n) is 5.80. The summed E-state index contributed by atoms with van der Waals surface area (Å²) < 4.78 is 16.7. The number of hydrogen-bond donors (Lipinski definition) is 2. The molecule has 1 atom stereocenters. The van der Waals surface area contributed by atoms with Gasteiger partial charge in [-0.15, -0.1) is 0 Å². The highest BCUT2D eigenvalue weighted by atomic mass is 16.6. The topological polar surface area (TPSA) is 68.8 Å². The van der Waals surface area contributed by atoms with Crippen LogP contribution in [0.5, 0.6) is 17.2 Å². The average Bonchev–Trinajstić information content (AvgIpc) is 2.61. The molecule has 2 heterocycles. The lowest BCUT2D eigenvalue weighted by Crippen LogP contribution is -2.38. The lowest BCUT2D eigenvalue weighted by Gasteiger charge is -2.30. The third kappa shape index (κ3) is 2.31. The lowest BCUT2D eigenvalue weighted by atomic mass is 10.0. The summed E-state index contributed by atoms with van der Waals surface area (Å²) in [6, 6.07) is 9.40. The average molecular weight is 326 g/mol. The maximum atomic E-state index is 12.4. The molecule has 2 aliphatic rings. The minimum absolute atomic E-state index is 0.105. The summed E-state index contributed by atoms with van der Waals surface area (Å²) >= 11 is 0. The Morgan fingerprint density at radius 2 is 2.00 bits per heavy atom. The molecule has 2 N–H and O–H groups in total. The molecule has 2 aromatic rings. The molecule has 124 valence electrons. The first kappa shape index (κ1) is 14.7. The highest BCUT2D eigenvalue weighted by Gasteiger charge is 2.28. The Morgan fingerprint density at radius 1 is 1.17 bits per heavy atom. The van der Waals surface area contributed by atoms with E-state index < -0.39 is 0 Å². The maximum absolute atomic E-state index is 12.4. The summed E-state index contributed by atoms with van der Waals surface area (Å²) in [6.07, 6.45) is -0.365. The molecule has 0 aliphatic carbocycles. The zero-order valence-electron chi connectivity index (χ0n) is 13.5. The van der Waals surface area contributed by atoms with Crippen LogP contribution >= 0.6 is 0 Å². The fourth-order valence-corrected chi connectivity index (χ4v) is 3.06. The van der Waals surface area contributed by atoms with Crippen LogP contribution in [0, 0.1) is 6.92 Å². The van der Waals surface area contributed by atoms with Crippen molar-refractivity contribution in [2.24, 2.45) is 0 Å². The van der Waals surface area contributed by atoms with Gasteiger partial charge in [-0.1, -0.05) is 12.1 Å². The van der Waals surface area contributed by atoms with Gasteiger partial charge in [-0.2, -0.15) is 0 Å². The fourth-order valence-electron chi connectivity index (χ4n) is 3.06. The first-order chi connectivity index (χ1) is 11.7. The fraction of sp³-hybridized carbons (Fsp3) is 0.278. The van der Waals surface area contributed by atoms with Gasteiger partial charge in [0, 0.05) is 5.56 Å².